The fraction of sp³-hybridized carbons (Fsp3) is 0.571. The Hall–Kier alpha value is -0.830. The van der Waals surface area contributed by atoms with Crippen LogP contribution in [0.15, 0.2) is 11.8 Å². The van der Waals surface area contributed by atoms with E-state index in [4.69, 9.17) is 10.1 Å². The van der Waals surface area contributed by atoms with Gasteiger partial charge in [0.1, 0.15) is 0 Å². The van der Waals surface area contributed by atoms with Crippen molar-refractivity contribution in [2.75, 3.05) is 19.8 Å². The van der Waals surface area contributed by atoms with Gasteiger partial charge in [0.2, 0.25) is 0 Å². The first-order valence-electron chi connectivity index (χ1n) is 3.36. The zero-order chi connectivity index (χ0) is 7.40. The van der Waals surface area contributed by atoms with E-state index in [2.05, 4.69) is 5.32 Å². The molecule has 0 bridgehead atoms. The van der Waals surface area contributed by atoms with Gasteiger partial charge in [0, 0.05) is 18.0 Å². The molecule has 0 saturated carbocycles. The first kappa shape index (κ1) is 7.28. The molecule has 1 aliphatic rings. The molecule has 1 aliphatic heterocycles. The average Bonchev–Trinajstić information content (AvgIpc) is 1.88. The van der Waals surface area contributed by atoms with Crippen molar-refractivity contribution in [3.05, 3.63) is 11.8 Å². The minimum absolute atomic E-state index is 0.563. The lowest BCUT2D eigenvalue weighted by molar-refractivity contribution is 0.132. The van der Waals surface area contributed by atoms with E-state index >= 15 is 0 Å². The maximum absolute atomic E-state index is 7.16. The van der Waals surface area contributed by atoms with Crippen molar-refractivity contribution in [2.24, 2.45) is 0 Å². The first-order chi connectivity index (χ1) is 4.79. The largest absolute Gasteiger partial charge is 0.384 e. The highest BCUT2D eigenvalue weighted by molar-refractivity contribution is 5.90. The van der Waals surface area contributed by atoms with Crippen LogP contribution < -0.4 is 5.32 Å². The van der Waals surface area contributed by atoms with Gasteiger partial charge in [-0.25, -0.2) is 0 Å². The van der Waals surface area contributed by atoms with Crippen LogP contribution in [0.2, 0.25) is 0 Å². The van der Waals surface area contributed by atoms with E-state index in [1.54, 1.807) is 13.0 Å². The smallest absolute Gasteiger partial charge is 0.0863 e. The first-order valence-corrected chi connectivity index (χ1v) is 3.36. The van der Waals surface area contributed by atoms with Crippen LogP contribution in [0.3, 0.4) is 0 Å². The molecule has 10 heavy (non-hydrogen) atoms. The molecule has 1 saturated heterocycles. The van der Waals surface area contributed by atoms with Crippen LogP contribution in [0, 0.1) is 5.41 Å². The Labute approximate surface area is 60.6 Å². The van der Waals surface area contributed by atoms with Crippen molar-refractivity contribution in [2.45, 2.75) is 6.92 Å². The highest BCUT2D eigenvalue weighted by atomic mass is 16.5. The van der Waals surface area contributed by atoms with Crippen molar-refractivity contribution >= 4 is 5.71 Å². The molecule has 3 heteroatoms. The standard InChI is InChI=1S/C7H12N2O/c1-6(8)4-7-5-10-3-2-9-7/h4,8-9H,2-3,5H2,1H3/b7-4-,8-6?. The average molecular weight is 140 g/mol. The summed E-state index contributed by atoms with van der Waals surface area (Å²) in [5, 5.41) is 10.3. The number of hydrogen-bond acceptors (Lipinski definition) is 3. The third kappa shape index (κ3) is 2.19. The molecule has 1 rings (SSSR count). The predicted octanol–water partition coefficient (Wildman–Crippen LogP) is 0.530. The van der Waals surface area contributed by atoms with Crippen LogP contribution in [0.1, 0.15) is 6.92 Å². The monoisotopic (exact) mass is 140 g/mol. The van der Waals surface area contributed by atoms with E-state index in [1.807, 2.05) is 0 Å². The third-order valence-electron chi connectivity index (χ3n) is 1.25. The van der Waals surface area contributed by atoms with E-state index in [0.717, 1.165) is 18.8 Å². The van der Waals surface area contributed by atoms with E-state index in [1.165, 1.54) is 0 Å². The number of rotatable bonds is 1. The van der Waals surface area contributed by atoms with Crippen LogP contribution in [-0.4, -0.2) is 25.5 Å². The molecule has 1 heterocycles. The molecule has 0 atom stereocenters. The van der Waals surface area contributed by atoms with Gasteiger partial charge >= 0.3 is 0 Å². The summed E-state index contributed by atoms with van der Waals surface area (Å²) in [5.41, 5.74) is 1.58. The maximum atomic E-state index is 7.16. The van der Waals surface area contributed by atoms with Crippen molar-refractivity contribution in [3.63, 3.8) is 0 Å². The maximum Gasteiger partial charge on any atom is 0.0863 e. The molecule has 2 N–H and O–H groups in total. The summed E-state index contributed by atoms with van der Waals surface area (Å²) in [5.74, 6) is 0. The number of ether oxygens (including phenoxy) is 1. The highest BCUT2D eigenvalue weighted by Crippen LogP contribution is 1.96. The molecule has 0 unspecified atom stereocenters. The molecule has 0 aromatic carbocycles. The topological polar surface area (TPSA) is 45.1 Å². The van der Waals surface area contributed by atoms with Gasteiger partial charge < -0.3 is 15.5 Å². The van der Waals surface area contributed by atoms with Gasteiger partial charge in [-0.1, -0.05) is 0 Å². The Kier molecular flexibility index (Phi) is 2.45. The summed E-state index contributed by atoms with van der Waals surface area (Å²) < 4.78 is 5.16. The molecule has 0 aromatic rings. The van der Waals surface area contributed by atoms with E-state index in [9.17, 15) is 0 Å². The SMILES string of the molecule is CC(=N)/C=C1/COCCN1. The van der Waals surface area contributed by atoms with E-state index in [-0.39, 0.29) is 0 Å². The molecule has 1 fully saturated rings. The molecule has 56 valence electrons. The van der Waals surface area contributed by atoms with Gasteiger partial charge in [-0.05, 0) is 13.0 Å². The summed E-state index contributed by atoms with van der Waals surface area (Å²) in [7, 11) is 0. The Morgan fingerprint density at radius 1 is 1.80 bits per heavy atom. The van der Waals surface area contributed by atoms with Crippen LogP contribution in [0.5, 0.6) is 0 Å². The molecule has 0 spiro atoms. The van der Waals surface area contributed by atoms with Crippen LogP contribution in [-0.2, 0) is 4.74 Å². The fourth-order valence-electron chi connectivity index (χ4n) is 0.871. The van der Waals surface area contributed by atoms with Gasteiger partial charge in [0.15, 0.2) is 0 Å². The second-order valence-corrected chi connectivity index (χ2v) is 2.33. The summed E-state index contributed by atoms with van der Waals surface area (Å²) >= 11 is 0. The normalized spacial score (nSPS) is 22.3. The number of nitrogens with one attached hydrogen (secondary N) is 2. The lowest BCUT2D eigenvalue weighted by atomic mass is 10.3. The lowest BCUT2D eigenvalue weighted by Crippen LogP contribution is -2.28. The highest BCUT2D eigenvalue weighted by Gasteiger charge is 2.02. The van der Waals surface area contributed by atoms with Gasteiger partial charge in [-0.2, -0.15) is 0 Å². The molecule has 0 radical (unpaired) electrons. The Bertz CT molecular complexity index is 155. The Balaban J connectivity index is 2.45. The molecular formula is C7H12N2O. The van der Waals surface area contributed by atoms with Crippen molar-refractivity contribution in [1.29, 1.82) is 5.41 Å². The van der Waals surface area contributed by atoms with Crippen molar-refractivity contribution < 1.29 is 4.74 Å². The van der Waals surface area contributed by atoms with Crippen LogP contribution >= 0.6 is 0 Å². The number of allylic oxidation sites excluding steroid dienone is 1. The number of morpholine rings is 1. The summed E-state index contributed by atoms with van der Waals surface area (Å²) in [6.07, 6.45) is 1.79. The molecule has 0 amide bonds. The molecule has 0 aromatic heterocycles. The van der Waals surface area contributed by atoms with Gasteiger partial charge in [-0.15, -0.1) is 0 Å². The zero-order valence-corrected chi connectivity index (χ0v) is 6.11. The Morgan fingerprint density at radius 3 is 3.10 bits per heavy atom. The third-order valence-corrected chi connectivity index (χ3v) is 1.25. The van der Waals surface area contributed by atoms with Crippen molar-refractivity contribution in [1.82, 2.24) is 5.32 Å². The fourth-order valence-corrected chi connectivity index (χ4v) is 0.871. The molecule has 3 nitrogen and oxygen atoms in total. The number of hydrogen-bond donors (Lipinski definition) is 2. The Morgan fingerprint density at radius 2 is 2.60 bits per heavy atom. The second-order valence-electron chi connectivity index (χ2n) is 2.33. The predicted molar refractivity (Wildman–Crippen MR) is 40.3 cm³/mol. The van der Waals surface area contributed by atoms with E-state index < -0.39 is 0 Å². The van der Waals surface area contributed by atoms with Gasteiger partial charge in [0.05, 0.1) is 13.2 Å². The van der Waals surface area contributed by atoms with Crippen LogP contribution in [0.4, 0.5) is 0 Å². The quantitative estimate of drug-likeness (QED) is 0.522. The summed E-state index contributed by atoms with van der Waals surface area (Å²) in [6.45, 7) is 4.01. The van der Waals surface area contributed by atoms with Gasteiger partial charge in [-0.3, -0.25) is 0 Å². The molecular weight excluding hydrogens is 128 g/mol. The van der Waals surface area contributed by atoms with E-state index in [0.29, 0.717) is 12.3 Å². The minimum atomic E-state index is 0.563. The minimum Gasteiger partial charge on any atom is -0.384 e. The molecule has 0 aliphatic carbocycles. The van der Waals surface area contributed by atoms with Crippen molar-refractivity contribution in [3.8, 4) is 0 Å². The second kappa shape index (κ2) is 3.37. The van der Waals surface area contributed by atoms with Gasteiger partial charge in [0.25, 0.3) is 0 Å². The summed E-state index contributed by atoms with van der Waals surface area (Å²) in [4.78, 5) is 0. The lowest BCUT2D eigenvalue weighted by Gasteiger charge is -2.16. The summed E-state index contributed by atoms with van der Waals surface area (Å²) in [6, 6.07) is 0. The van der Waals surface area contributed by atoms with Crippen LogP contribution in [0.25, 0.3) is 0 Å². The zero-order valence-electron chi connectivity index (χ0n) is 6.11.